The van der Waals surface area contributed by atoms with E-state index in [9.17, 15) is 4.39 Å². The number of aromatic nitrogens is 3. The first-order valence-corrected chi connectivity index (χ1v) is 4.57. The average molecular weight is 206 g/mol. The summed E-state index contributed by atoms with van der Waals surface area (Å²) in [6.07, 6.45) is 1.49. The third kappa shape index (κ3) is 1.73. The van der Waals surface area contributed by atoms with Crippen molar-refractivity contribution in [3.8, 4) is 11.3 Å². The molecule has 5 heteroatoms. The zero-order valence-corrected chi connectivity index (χ0v) is 8.29. The molecule has 1 heterocycles. The van der Waals surface area contributed by atoms with Crippen LogP contribution in [0.25, 0.3) is 11.3 Å². The van der Waals surface area contributed by atoms with E-state index in [1.54, 1.807) is 6.07 Å². The summed E-state index contributed by atoms with van der Waals surface area (Å²) < 4.78 is 13.6. The Kier molecular flexibility index (Phi) is 2.47. The molecule has 78 valence electrons. The number of benzene rings is 1. The Morgan fingerprint density at radius 1 is 1.47 bits per heavy atom. The molecule has 2 rings (SSSR count). The molecule has 0 aliphatic rings. The normalized spacial score (nSPS) is 10.6. The van der Waals surface area contributed by atoms with Gasteiger partial charge in [-0.1, -0.05) is 0 Å². The lowest BCUT2D eigenvalue weighted by molar-refractivity contribution is 0.627. The van der Waals surface area contributed by atoms with Crippen molar-refractivity contribution in [2.75, 3.05) is 0 Å². The molecular weight excluding hydrogens is 195 g/mol. The molecule has 0 fully saturated rings. The molecule has 4 nitrogen and oxygen atoms in total. The number of nitrogens with zero attached hydrogens (tertiary/aromatic N) is 2. The van der Waals surface area contributed by atoms with Crippen LogP contribution in [0.3, 0.4) is 0 Å². The van der Waals surface area contributed by atoms with Gasteiger partial charge in [0.15, 0.2) is 0 Å². The minimum Gasteiger partial charge on any atom is -0.326 e. The molecule has 15 heavy (non-hydrogen) atoms. The van der Waals surface area contributed by atoms with Gasteiger partial charge in [-0.15, -0.1) is 0 Å². The number of aryl methyl sites for hydroxylation is 1. The highest BCUT2D eigenvalue weighted by Crippen LogP contribution is 2.23. The van der Waals surface area contributed by atoms with Gasteiger partial charge in [0.25, 0.3) is 0 Å². The molecule has 0 spiro atoms. The molecule has 0 radical (unpaired) electrons. The van der Waals surface area contributed by atoms with E-state index in [0.29, 0.717) is 17.8 Å². The van der Waals surface area contributed by atoms with Crippen LogP contribution in [-0.4, -0.2) is 15.4 Å². The lowest BCUT2D eigenvalue weighted by atomic mass is 10.0. The molecule has 1 aromatic heterocycles. The number of H-pyrrole nitrogens is 1. The fourth-order valence-corrected chi connectivity index (χ4v) is 1.47. The Labute approximate surface area is 86.3 Å². The van der Waals surface area contributed by atoms with Crippen LogP contribution in [0.4, 0.5) is 4.39 Å². The summed E-state index contributed by atoms with van der Waals surface area (Å²) in [5.74, 6) is -0.324. The number of nitrogens with two attached hydrogens (primary N) is 1. The lowest BCUT2D eigenvalue weighted by Gasteiger charge is -2.06. The van der Waals surface area contributed by atoms with Gasteiger partial charge in [0.1, 0.15) is 11.5 Å². The third-order valence-electron chi connectivity index (χ3n) is 2.34. The molecule has 3 N–H and O–H groups in total. The van der Waals surface area contributed by atoms with E-state index in [0.717, 1.165) is 11.1 Å². The summed E-state index contributed by atoms with van der Waals surface area (Å²) in [5, 5.41) is 9.93. The molecule has 2 aromatic rings. The standard InChI is InChI=1S/C10H11FN4/c1-6-2-8(10-5-13-15-14-10)9(11)3-7(6)4-12/h2-3,5H,4,12H2,1H3,(H,13,14,15). The van der Waals surface area contributed by atoms with E-state index in [1.165, 1.54) is 12.3 Å². The highest BCUT2D eigenvalue weighted by atomic mass is 19.1. The minimum atomic E-state index is -0.324. The first-order chi connectivity index (χ1) is 7.22. The van der Waals surface area contributed by atoms with Gasteiger partial charge in [0.05, 0.1) is 6.20 Å². The molecule has 0 amide bonds. The Morgan fingerprint density at radius 3 is 2.87 bits per heavy atom. The first kappa shape index (κ1) is 9.79. The SMILES string of the molecule is Cc1cc(-c2cn[nH]n2)c(F)cc1CN. The van der Waals surface area contributed by atoms with E-state index in [-0.39, 0.29) is 5.82 Å². The predicted molar refractivity (Wildman–Crippen MR) is 54.4 cm³/mol. The van der Waals surface area contributed by atoms with E-state index in [4.69, 9.17) is 5.73 Å². The van der Waals surface area contributed by atoms with Gasteiger partial charge in [-0.2, -0.15) is 15.4 Å². The number of hydrogen-bond donors (Lipinski definition) is 2. The van der Waals surface area contributed by atoms with E-state index >= 15 is 0 Å². The maximum Gasteiger partial charge on any atom is 0.133 e. The van der Waals surface area contributed by atoms with Crippen molar-refractivity contribution in [3.05, 3.63) is 35.3 Å². The van der Waals surface area contributed by atoms with Crippen molar-refractivity contribution in [2.24, 2.45) is 5.73 Å². The molecule has 1 aromatic carbocycles. The second-order valence-electron chi connectivity index (χ2n) is 3.32. The van der Waals surface area contributed by atoms with E-state index in [2.05, 4.69) is 15.4 Å². The van der Waals surface area contributed by atoms with Crippen molar-refractivity contribution in [1.29, 1.82) is 0 Å². The topological polar surface area (TPSA) is 67.6 Å². The second kappa shape index (κ2) is 3.78. The fourth-order valence-electron chi connectivity index (χ4n) is 1.47. The number of aromatic amines is 1. The van der Waals surface area contributed by atoms with Gasteiger partial charge in [0, 0.05) is 12.1 Å². The van der Waals surface area contributed by atoms with Gasteiger partial charge in [-0.25, -0.2) is 4.39 Å². The van der Waals surface area contributed by atoms with Crippen molar-refractivity contribution in [1.82, 2.24) is 15.4 Å². The van der Waals surface area contributed by atoms with Gasteiger partial charge in [-0.05, 0) is 30.2 Å². The highest BCUT2D eigenvalue weighted by Gasteiger charge is 2.10. The van der Waals surface area contributed by atoms with Crippen LogP contribution in [0.5, 0.6) is 0 Å². The summed E-state index contributed by atoms with van der Waals surface area (Å²) in [4.78, 5) is 0. The van der Waals surface area contributed by atoms with Crippen LogP contribution in [0.15, 0.2) is 18.3 Å². The monoisotopic (exact) mass is 206 g/mol. The van der Waals surface area contributed by atoms with Crippen LogP contribution >= 0.6 is 0 Å². The maximum atomic E-state index is 13.6. The molecule has 0 bridgehead atoms. The highest BCUT2D eigenvalue weighted by molar-refractivity contribution is 5.60. The van der Waals surface area contributed by atoms with Crippen molar-refractivity contribution in [2.45, 2.75) is 13.5 Å². The van der Waals surface area contributed by atoms with E-state index < -0.39 is 0 Å². The summed E-state index contributed by atoms with van der Waals surface area (Å²) >= 11 is 0. The number of hydrogen-bond acceptors (Lipinski definition) is 3. The summed E-state index contributed by atoms with van der Waals surface area (Å²) in [7, 11) is 0. The van der Waals surface area contributed by atoms with Gasteiger partial charge >= 0.3 is 0 Å². The van der Waals surface area contributed by atoms with Crippen LogP contribution < -0.4 is 5.73 Å². The quantitative estimate of drug-likeness (QED) is 0.780. The molecule has 0 saturated carbocycles. The largest absolute Gasteiger partial charge is 0.326 e. The number of nitrogens with one attached hydrogen (secondary N) is 1. The fraction of sp³-hybridized carbons (Fsp3) is 0.200. The van der Waals surface area contributed by atoms with Crippen molar-refractivity contribution >= 4 is 0 Å². The predicted octanol–water partition coefficient (Wildman–Crippen LogP) is 1.38. The Bertz CT molecular complexity index is 465. The number of halogens is 1. The molecular formula is C10H11FN4. The van der Waals surface area contributed by atoms with E-state index in [1.807, 2.05) is 6.92 Å². The van der Waals surface area contributed by atoms with Crippen molar-refractivity contribution < 1.29 is 4.39 Å². The summed E-state index contributed by atoms with van der Waals surface area (Å²) in [6, 6.07) is 3.18. The van der Waals surface area contributed by atoms with Gasteiger partial charge in [-0.3, -0.25) is 0 Å². The zero-order chi connectivity index (χ0) is 10.8. The van der Waals surface area contributed by atoms with Crippen LogP contribution in [0.2, 0.25) is 0 Å². The van der Waals surface area contributed by atoms with Crippen LogP contribution in [0.1, 0.15) is 11.1 Å². The van der Waals surface area contributed by atoms with Gasteiger partial charge < -0.3 is 5.73 Å². The Morgan fingerprint density at radius 2 is 2.27 bits per heavy atom. The summed E-state index contributed by atoms with van der Waals surface area (Å²) in [5.41, 5.74) is 8.19. The zero-order valence-electron chi connectivity index (χ0n) is 8.29. The smallest absolute Gasteiger partial charge is 0.133 e. The average Bonchev–Trinajstić information content (AvgIpc) is 2.74. The molecule has 0 atom stereocenters. The lowest BCUT2D eigenvalue weighted by Crippen LogP contribution is -2.01. The summed E-state index contributed by atoms with van der Waals surface area (Å²) in [6.45, 7) is 2.23. The van der Waals surface area contributed by atoms with Crippen LogP contribution in [0, 0.1) is 12.7 Å². The maximum absolute atomic E-state index is 13.6. The number of rotatable bonds is 2. The first-order valence-electron chi connectivity index (χ1n) is 4.57. The third-order valence-corrected chi connectivity index (χ3v) is 2.34. The van der Waals surface area contributed by atoms with Crippen molar-refractivity contribution in [3.63, 3.8) is 0 Å². The second-order valence-corrected chi connectivity index (χ2v) is 3.32. The molecule has 0 aliphatic carbocycles. The molecule has 0 aliphatic heterocycles. The Hall–Kier alpha value is -1.75. The molecule has 0 saturated heterocycles. The van der Waals surface area contributed by atoms with Crippen LogP contribution in [-0.2, 0) is 6.54 Å². The Balaban J connectivity index is 2.55. The molecule has 0 unspecified atom stereocenters. The minimum absolute atomic E-state index is 0.324. The van der Waals surface area contributed by atoms with Gasteiger partial charge in [0.2, 0.25) is 0 Å².